The van der Waals surface area contributed by atoms with Gasteiger partial charge in [0.05, 0.1) is 11.3 Å². The summed E-state index contributed by atoms with van der Waals surface area (Å²) in [5.74, 6) is 1.65. The van der Waals surface area contributed by atoms with Crippen LogP contribution in [-0.4, -0.2) is 23.4 Å². The van der Waals surface area contributed by atoms with E-state index in [0.717, 1.165) is 44.1 Å². The zero-order valence-electron chi connectivity index (χ0n) is 16.9. The van der Waals surface area contributed by atoms with Gasteiger partial charge in [-0.15, -0.1) is 0 Å². The van der Waals surface area contributed by atoms with Crippen LogP contribution in [0.3, 0.4) is 0 Å². The zero-order valence-corrected chi connectivity index (χ0v) is 17.7. The number of nitrogens with zero attached hydrogens (tertiary/aromatic N) is 1. The van der Waals surface area contributed by atoms with E-state index in [2.05, 4.69) is 11.4 Å². The molecule has 0 unspecified atom stereocenters. The third-order valence-electron chi connectivity index (χ3n) is 5.08. The fourth-order valence-corrected chi connectivity index (χ4v) is 4.37. The molecule has 5 nitrogen and oxygen atoms in total. The number of benzene rings is 3. The van der Waals surface area contributed by atoms with Crippen molar-refractivity contribution in [2.24, 2.45) is 0 Å². The number of nitrogens with one attached hydrogen (secondary N) is 1. The summed E-state index contributed by atoms with van der Waals surface area (Å²) in [4.78, 5) is 17.4. The van der Waals surface area contributed by atoms with Crippen LogP contribution < -0.4 is 14.8 Å². The number of hydrogen-bond acceptors (Lipinski definition) is 5. The summed E-state index contributed by atoms with van der Waals surface area (Å²) in [5.41, 5.74) is 4.71. The molecule has 2 heterocycles. The predicted molar refractivity (Wildman–Crippen MR) is 124 cm³/mol. The first-order valence-electron chi connectivity index (χ1n) is 9.95. The Kier molecular flexibility index (Phi) is 5.22. The maximum absolute atomic E-state index is 12.7. The monoisotopic (exact) mass is 428 g/mol. The Hall–Kier alpha value is -3.51. The van der Waals surface area contributed by atoms with Crippen LogP contribution in [0.15, 0.2) is 77.8 Å². The van der Waals surface area contributed by atoms with Crippen molar-refractivity contribution in [3.63, 3.8) is 0 Å². The van der Waals surface area contributed by atoms with Gasteiger partial charge in [-0.2, -0.15) is 0 Å². The highest BCUT2D eigenvalue weighted by Gasteiger charge is 2.16. The molecule has 0 saturated heterocycles. The number of thioether (sulfide) groups is 1. The Morgan fingerprint density at radius 3 is 2.58 bits per heavy atom. The fourth-order valence-electron chi connectivity index (χ4n) is 3.58. The van der Waals surface area contributed by atoms with Gasteiger partial charge in [0.2, 0.25) is 12.7 Å². The minimum absolute atomic E-state index is 0.0691. The number of aromatic nitrogens is 1. The van der Waals surface area contributed by atoms with Crippen molar-refractivity contribution in [2.45, 2.75) is 11.9 Å². The standard InChI is InChI=1S/C25H20N2O3S/c1-16-11-18-12-22-23(30-15-29-22)13-21(18)27-25(16)31-14-24(28)26-20-10-6-5-9-19(20)17-7-3-2-4-8-17/h2-13H,14-15H2,1H3,(H,26,28). The van der Waals surface area contributed by atoms with E-state index in [4.69, 9.17) is 14.5 Å². The minimum atomic E-state index is -0.0691. The van der Waals surface area contributed by atoms with Gasteiger partial charge in [0, 0.05) is 22.7 Å². The highest BCUT2D eigenvalue weighted by molar-refractivity contribution is 8.00. The molecule has 3 aromatic carbocycles. The molecule has 0 fully saturated rings. The average Bonchev–Trinajstić information content (AvgIpc) is 3.24. The van der Waals surface area contributed by atoms with Gasteiger partial charge in [0.1, 0.15) is 5.03 Å². The first-order valence-corrected chi connectivity index (χ1v) is 10.9. The molecule has 1 amide bonds. The number of fused-ring (bicyclic) bond motifs is 2. The zero-order chi connectivity index (χ0) is 21.2. The second kappa shape index (κ2) is 8.32. The van der Waals surface area contributed by atoms with Crippen molar-refractivity contribution >= 4 is 34.3 Å². The van der Waals surface area contributed by atoms with Gasteiger partial charge in [-0.05, 0) is 36.2 Å². The van der Waals surface area contributed by atoms with Crippen molar-refractivity contribution in [1.29, 1.82) is 0 Å². The molecule has 31 heavy (non-hydrogen) atoms. The second-order valence-corrected chi connectivity index (χ2v) is 8.22. The lowest BCUT2D eigenvalue weighted by Gasteiger charge is -2.12. The van der Waals surface area contributed by atoms with E-state index in [1.54, 1.807) is 0 Å². The Morgan fingerprint density at radius 1 is 1.00 bits per heavy atom. The second-order valence-electron chi connectivity index (χ2n) is 7.26. The van der Waals surface area contributed by atoms with E-state index in [-0.39, 0.29) is 18.5 Å². The lowest BCUT2D eigenvalue weighted by Crippen LogP contribution is -2.15. The molecular weight excluding hydrogens is 408 g/mol. The van der Waals surface area contributed by atoms with Crippen LogP contribution in [0.25, 0.3) is 22.0 Å². The number of para-hydroxylation sites is 1. The van der Waals surface area contributed by atoms with E-state index in [1.165, 1.54) is 11.8 Å². The van der Waals surface area contributed by atoms with Gasteiger partial charge in [-0.3, -0.25) is 4.79 Å². The normalized spacial score (nSPS) is 12.2. The summed E-state index contributed by atoms with van der Waals surface area (Å²) in [7, 11) is 0. The largest absolute Gasteiger partial charge is 0.454 e. The molecule has 5 rings (SSSR count). The molecule has 1 aromatic heterocycles. The molecular formula is C25H20N2O3S. The van der Waals surface area contributed by atoms with E-state index < -0.39 is 0 Å². The van der Waals surface area contributed by atoms with Crippen LogP contribution in [0.1, 0.15) is 5.56 Å². The Balaban J connectivity index is 1.32. The third kappa shape index (κ3) is 4.07. The van der Waals surface area contributed by atoms with E-state index in [9.17, 15) is 4.79 Å². The minimum Gasteiger partial charge on any atom is -0.454 e. The molecule has 0 bridgehead atoms. The van der Waals surface area contributed by atoms with Crippen LogP contribution in [0.5, 0.6) is 11.5 Å². The lowest BCUT2D eigenvalue weighted by molar-refractivity contribution is -0.113. The first-order chi connectivity index (χ1) is 15.2. The lowest BCUT2D eigenvalue weighted by atomic mass is 10.0. The highest BCUT2D eigenvalue weighted by Crippen LogP contribution is 2.37. The van der Waals surface area contributed by atoms with Gasteiger partial charge in [-0.25, -0.2) is 4.98 Å². The number of anilines is 1. The summed E-state index contributed by atoms with van der Waals surface area (Å²) >= 11 is 1.43. The van der Waals surface area contributed by atoms with Crippen molar-refractivity contribution in [3.05, 3.63) is 78.4 Å². The number of rotatable bonds is 5. The third-order valence-corrected chi connectivity index (χ3v) is 6.17. The number of ether oxygens (including phenoxy) is 2. The Morgan fingerprint density at radius 2 is 1.74 bits per heavy atom. The SMILES string of the molecule is Cc1cc2cc3c(cc2nc1SCC(=O)Nc1ccccc1-c1ccccc1)OCO3. The Bertz CT molecular complexity index is 1270. The predicted octanol–water partition coefficient (Wildman–Crippen LogP) is 5.67. The summed E-state index contributed by atoms with van der Waals surface area (Å²) in [6.45, 7) is 2.23. The number of pyridine rings is 1. The molecule has 0 aliphatic carbocycles. The smallest absolute Gasteiger partial charge is 0.234 e. The van der Waals surface area contributed by atoms with Crippen LogP contribution >= 0.6 is 11.8 Å². The van der Waals surface area contributed by atoms with E-state index >= 15 is 0 Å². The first kappa shape index (κ1) is 19.5. The van der Waals surface area contributed by atoms with Crippen LogP contribution in [0, 0.1) is 6.92 Å². The number of carbonyl (C=O) groups excluding carboxylic acids is 1. The van der Waals surface area contributed by atoms with Crippen molar-refractivity contribution < 1.29 is 14.3 Å². The number of aryl methyl sites for hydroxylation is 1. The quantitative estimate of drug-likeness (QED) is 0.415. The average molecular weight is 429 g/mol. The summed E-state index contributed by atoms with van der Waals surface area (Å²) < 4.78 is 10.9. The van der Waals surface area contributed by atoms with Crippen LogP contribution in [0.4, 0.5) is 5.69 Å². The topological polar surface area (TPSA) is 60.5 Å². The summed E-state index contributed by atoms with van der Waals surface area (Å²) in [6, 6.07) is 23.8. The summed E-state index contributed by atoms with van der Waals surface area (Å²) in [5, 5.41) is 4.87. The molecule has 1 aliphatic rings. The maximum Gasteiger partial charge on any atom is 0.234 e. The van der Waals surface area contributed by atoms with Gasteiger partial charge in [0.15, 0.2) is 11.5 Å². The fraction of sp³-hybridized carbons (Fsp3) is 0.120. The molecule has 1 N–H and O–H groups in total. The van der Waals surface area contributed by atoms with Gasteiger partial charge >= 0.3 is 0 Å². The van der Waals surface area contributed by atoms with Crippen LogP contribution in [-0.2, 0) is 4.79 Å². The molecule has 0 saturated carbocycles. The summed E-state index contributed by atoms with van der Waals surface area (Å²) in [6.07, 6.45) is 0. The molecule has 154 valence electrons. The van der Waals surface area contributed by atoms with Crippen molar-refractivity contribution in [2.75, 3.05) is 17.9 Å². The number of hydrogen-bond donors (Lipinski definition) is 1. The molecule has 6 heteroatoms. The number of carbonyl (C=O) groups is 1. The highest BCUT2D eigenvalue weighted by atomic mass is 32.2. The number of amides is 1. The molecule has 0 radical (unpaired) electrons. The molecule has 0 atom stereocenters. The van der Waals surface area contributed by atoms with Gasteiger partial charge < -0.3 is 14.8 Å². The molecule has 4 aromatic rings. The maximum atomic E-state index is 12.7. The van der Waals surface area contributed by atoms with Crippen LogP contribution in [0.2, 0.25) is 0 Å². The van der Waals surface area contributed by atoms with Gasteiger partial charge in [-0.1, -0.05) is 60.3 Å². The van der Waals surface area contributed by atoms with Gasteiger partial charge in [0.25, 0.3) is 0 Å². The van der Waals surface area contributed by atoms with Crippen molar-refractivity contribution in [1.82, 2.24) is 4.98 Å². The Labute approximate surface area is 184 Å². The van der Waals surface area contributed by atoms with E-state index in [0.29, 0.717) is 5.75 Å². The molecule has 1 aliphatic heterocycles. The van der Waals surface area contributed by atoms with Crippen molar-refractivity contribution in [3.8, 4) is 22.6 Å². The molecule has 0 spiro atoms. The van der Waals surface area contributed by atoms with E-state index in [1.807, 2.05) is 73.7 Å².